The van der Waals surface area contributed by atoms with Crippen LogP contribution >= 0.6 is 0 Å². The van der Waals surface area contributed by atoms with Gasteiger partial charge in [0.25, 0.3) is 0 Å². The highest BCUT2D eigenvalue weighted by Crippen LogP contribution is 2.32. The first-order valence-corrected chi connectivity index (χ1v) is 4.64. The van der Waals surface area contributed by atoms with E-state index in [1.807, 2.05) is 0 Å². The molecule has 0 radical (unpaired) electrons. The molecule has 80 valence electrons. The maximum atomic E-state index is 11.4. The Kier molecular flexibility index (Phi) is 3.10. The van der Waals surface area contributed by atoms with Crippen LogP contribution in [0.15, 0.2) is 0 Å². The van der Waals surface area contributed by atoms with Crippen LogP contribution in [0, 0.1) is 0 Å². The lowest BCUT2D eigenvalue weighted by Gasteiger charge is -2.15. The van der Waals surface area contributed by atoms with Gasteiger partial charge in [-0.2, -0.15) is 0 Å². The van der Waals surface area contributed by atoms with E-state index >= 15 is 0 Å². The molecule has 0 aromatic rings. The van der Waals surface area contributed by atoms with Crippen molar-refractivity contribution in [2.75, 3.05) is 7.11 Å². The van der Waals surface area contributed by atoms with Crippen molar-refractivity contribution >= 4 is 11.9 Å². The average molecular weight is 200 g/mol. The highest BCUT2D eigenvalue weighted by Gasteiger charge is 2.46. The van der Waals surface area contributed by atoms with Crippen LogP contribution in [-0.4, -0.2) is 30.6 Å². The predicted molar refractivity (Wildman–Crippen MR) is 50.4 cm³/mol. The third-order valence-corrected chi connectivity index (χ3v) is 2.32. The Balaban J connectivity index is 2.29. The molecule has 14 heavy (non-hydrogen) atoms. The zero-order valence-electron chi connectivity index (χ0n) is 8.50. The lowest BCUT2D eigenvalue weighted by molar-refractivity contribution is -0.141. The molecule has 0 spiro atoms. The molecular weight excluding hydrogens is 184 g/mol. The number of ether oxygens (including phenoxy) is 1. The molecule has 0 saturated heterocycles. The van der Waals surface area contributed by atoms with E-state index in [-0.39, 0.29) is 24.3 Å². The van der Waals surface area contributed by atoms with E-state index in [2.05, 4.69) is 10.1 Å². The average Bonchev–Trinajstić information content (AvgIpc) is 2.84. The second kappa shape index (κ2) is 3.96. The lowest BCUT2D eigenvalue weighted by atomic mass is 10.2. The van der Waals surface area contributed by atoms with E-state index in [0.29, 0.717) is 0 Å². The van der Waals surface area contributed by atoms with Crippen molar-refractivity contribution in [3.8, 4) is 0 Å². The molecule has 1 aliphatic rings. The third kappa shape index (κ3) is 2.70. The predicted octanol–water partition coefficient (Wildman–Crippen LogP) is -0.454. The normalized spacial score (nSPS) is 19.6. The van der Waals surface area contributed by atoms with Crippen molar-refractivity contribution in [2.45, 2.75) is 37.8 Å². The van der Waals surface area contributed by atoms with Crippen LogP contribution in [0.25, 0.3) is 0 Å². The van der Waals surface area contributed by atoms with E-state index in [4.69, 9.17) is 5.73 Å². The second-order valence-electron chi connectivity index (χ2n) is 3.81. The minimum Gasteiger partial charge on any atom is -0.469 e. The van der Waals surface area contributed by atoms with E-state index < -0.39 is 5.54 Å². The first kappa shape index (κ1) is 11.0. The van der Waals surface area contributed by atoms with Gasteiger partial charge >= 0.3 is 5.97 Å². The van der Waals surface area contributed by atoms with Crippen molar-refractivity contribution in [3.05, 3.63) is 0 Å². The molecule has 1 saturated carbocycles. The first-order chi connectivity index (χ1) is 6.48. The molecule has 5 nitrogen and oxygen atoms in total. The number of hydrogen-bond acceptors (Lipinski definition) is 4. The monoisotopic (exact) mass is 200 g/mol. The Morgan fingerprint density at radius 1 is 1.57 bits per heavy atom. The van der Waals surface area contributed by atoms with Crippen LogP contribution in [0.1, 0.15) is 26.2 Å². The lowest BCUT2D eigenvalue weighted by Crippen LogP contribution is -2.46. The van der Waals surface area contributed by atoms with Gasteiger partial charge in [-0.1, -0.05) is 0 Å². The molecule has 0 aliphatic heterocycles. The number of amides is 1. The van der Waals surface area contributed by atoms with Crippen molar-refractivity contribution in [1.29, 1.82) is 0 Å². The molecule has 0 aromatic carbocycles. The largest absolute Gasteiger partial charge is 0.469 e. The molecule has 1 aliphatic carbocycles. The summed E-state index contributed by atoms with van der Waals surface area (Å²) in [5, 5.41) is 2.68. The summed E-state index contributed by atoms with van der Waals surface area (Å²) in [5.41, 5.74) is 5.00. The van der Waals surface area contributed by atoms with Crippen LogP contribution in [-0.2, 0) is 14.3 Å². The smallest absolute Gasteiger partial charge is 0.307 e. The molecule has 1 unspecified atom stereocenters. The fourth-order valence-corrected chi connectivity index (χ4v) is 1.11. The number of esters is 1. The highest BCUT2D eigenvalue weighted by molar-refractivity contribution is 5.89. The Morgan fingerprint density at radius 3 is 2.57 bits per heavy atom. The number of rotatable bonds is 4. The van der Waals surface area contributed by atoms with Crippen molar-refractivity contribution in [1.82, 2.24) is 5.32 Å². The highest BCUT2D eigenvalue weighted by atomic mass is 16.5. The Labute approximate surface area is 83.0 Å². The molecule has 3 N–H and O–H groups in total. The van der Waals surface area contributed by atoms with Gasteiger partial charge in [0, 0.05) is 6.04 Å². The van der Waals surface area contributed by atoms with Crippen LogP contribution in [0.3, 0.4) is 0 Å². The van der Waals surface area contributed by atoms with E-state index in [0.717, 1.165) is 12.8 Å². The minimum atomic E-state index is -0.676. The van der Waals surface area contributed by atoms with Gasteiger partial charge in [0.15, 0.2) is 0 Å². The van der Waals surface area contributed by atoms with Gasteiger partial charge in [-0.05, 0) is 19.8 Å². The minimum absolute atomic E-state index is 0.172. The second-order valence-corrected chi connectivity index (χ2v) is 3.81. The Bertz CT molecular complexity index is 248. The molecule has 1 fully saturated rings. The maximum absolute atomic E-state index is 11.4. The van der Waals surface area contributed by atoms with Crippen molar-refractivity contribution in [3.63, 3.8) is 0 Å². The van der Waals surface area contributed by atoms with Gasteiger partial charge in [-0.3, -0.25) is 9.59 Å². The molecule has 1 atom stereocenters. The van der Waals surface area contributed by atoms with Gasteiger partial charge in [0.1, 0.15) is 0 Å². The number of methoxy groups -OCH3 is 1. The number of hydrogen-bond donors (Lipinski definition) is 2. The fourth-order valence-electron chi connectivity index (χ4n) is 1.11. The number of carbonyl (C=O) groups excluding carboxylic acids is 2. The summed E-state index contributed by atoms with van der Waals surface area (Å²) in [7, 11) is 1.32. The quantitative estimate of drug-likeness (QED) is 0.602. The maximum Gasteiger partial charge on any atom is 0.307 e. The molecule has 0 bridgehead atoms. The molecule has 1 amide bonds. The number of carbonyl (C=O) groups is 2. The summed E-state index contributed by atoms with van der Waals surface area (Å²) in [6, 6.07) is -0.226. The van der Waals surface area contributed by atoms with Crippen molar-refractivity contribution < 1.29 is 14.3 Å². The molecule has 0 heterocycles. The summed E-state index contributed by atoms with van der Waals surface area (Å²) in [6.07, 6.45) is 1.63. The number of nitrogens with one attached hydrogen (secondary N) is 1. The van der Waals surface area contributed by atoms with Crippen LogP contribution in [0.5, 0.6) is 0 Å². The van der Waals surface area contributed by atoms with Crippen LogP contribution in [0.2, 0.25) is 0 Å². The van der Waals surface area contributed by atoms with Crippen molar-refractivity contribution in [2.24, 2.45) is 5.73 Å². The fraction of sp³-hybridized carbons (Fsp3) is 0.778. The van der Waals surface area contributed by atoms with Crippen LogP contribution in [0.4, 0.5) is 0 Å². The van der Waals surface area contributed by atoms with Gasteiger partial charge in [0.2, 0.25) is 5.91 Å². The SMILES string of the molecule is COC(=O)CC(C)NC(=O)C1(N)CC1. The van der Waals surface area contributed by atoms with Gasteiger partial charge in [0.05, 0.1) is 19.1 Å². The standard InChI is InChI=1S/C9H16N2O3/c1-6(5-7(12)14-2)11-8(13)9(10)3-4-9/h6H,3-5,10H2,1-2H3,(H,11,13). The van der Waals surface area contributed by atoms with Gasteiger partial charge in [-0.15, -0.1) is 0 Å². The topological polar surface area (TPSA) is 81.4 Å². The molecular formula is C9H16N2O3. The summed E-state index contributed by atoms with van der Waals surface area (Å²) in [5.74, 6) is -0.506. The summed E-state index contributed by atoms with van der Waals surface area (Å²) in [6.45, 7) is 1.75. The van der Waals surface area contributed by atoms with Gasteiger partial charge in [-0.25, -0.2) is 0 Å². The van der Waals surface area contributed by atoms with E-state index in [9.17, 15) is 9.59 Å². The summed E-state index contributed by atoms with van der Waals surface area (Å²) >= 11 is 0. The van der Waals surface area contributed by atoms with E-state index in [1.54, 1.807) is 6.92 Å². The zero-order chi connectivity index (χ0) is 10.8. The summed E-state index contributed by atoms with van der Waals surface area (Å²) < 4.78 is 4.48. The molecule has 1 rings (SSSR count). The van der Waals surface area contributed by atoms with Crippen LogP contribution < -0.4 is 11.1 Å². The Hall–Kier alpha value is -1.10. The molecule has 0 aromatic heterocycles. The van der Waals surface area contributed by atoms with E-state index in [1.165, 1.54) is 7.11 Å². The number of nitrogens with two attached hydrogens (primary N) is 1. The summed E-state index contributed by atoms with van der Waals surface area (Å²) in [4.78, 5) is 22.3. The van der Waals surface area contributed by atoms with Gasteiger partial charge < -0.3 is 15.8 Å². The molecule has 5 heteroatoms. The zero-order valence-corrected chi connectivity index (χ0v) is 8.50. The first-order valence-electron chi connectivity index (χ1n) is 4.64. The Morgan fingerprint density at radius 2 is 2.14 bits per heavy atom. The third-order valence-electron chi connectivity index (χ3n) is 2.32.